The van der Waals surface area contributed by atoms with Gasteiger partial charge in [0, 0.05) is 25.0 Å². The molecule has 0 radical (unpaired) electrons. The van der Waals surface area contributed by atoms with Gasteiger partial charge in [0.05, 0.1) is 11.0 Å². The number of hydrogen-bond donors (Lipinski definition) is 0. The van der Waals surface area contributed by atoms with Gasteiger partial charge in [0.25, 0.3) is 0 Å². The van der Waals surface area contributed by atoms with Crippen LogP contribution in [0.3, 0.4) is 0 Å². The van der Waals surface area contributed by atoms with E-state index in [0.717, 1.165) is 16.6 Å². The lowest BCUT2D eigenvalue weighted by Crippen LogP contribution is -1.89. The van der Waals surface area contributed by atoms with Crippen LogP contribution in [0, 0.1) is 0 Å². The van der Waals surface area contributed by atoms with Crippen molar-refractivity contribution >= 4 is 11.0 Å². The van der Waals surface area contributed by atoms with Crippen LogP contribution in [-0.4, -0.2) is 24.7 Å². The Hall–Kier alpha value is -2.30. The number of hydrogen-bond acceptors (Lipinski definition) is 4. The van der Waals surface area contributed by atoms with E-state index in [2.05, 4.69) is 20.1 Å². The fourth-order valence-corrected chi connectivity index (χ4v) is 1.57. The molecule has 2 aromatic heterocycles. The highest BCUT2D eigenvalue weighted by atomic mass is 15.3. The maximum absolute atomic E-state index is 4.25. The molecule has 2 heterocycles. The smallest absolute Gasteiger partial charge is 0.181 e. The molecule has 0 aliphatic rings. The molecule has 0 bridgehead atoms. The Balaban J connectivity index is 2.18. The number of nitrogens with zero attached hydrogens (tertiary/aromatic N) is 5. The third-order valence-corrected chi connectivity index (χ3v) is 2.33. The van der Waals surface area contributed by atoms with Crippen LogP contribution in [-0.2, 0) is 7.05 Å². The molecule has 0 unspecified atom stereocenters. The Bertz CT molecular complexity index is 643. The summed E-state index contributed by atoms with van der Waals surface area (Å²) >= 11 is 0. The molecular formula is C11H9N5. The Morgan fingerprint density at radius 1 is 1.00 bits per heavy atom. The van der Waals surface area contributed by atoms with Crippen molar-refractivity contribution in [2.75, 3.05) is 0 Å². The molecule has 3 rings (SSSR count). The molecule has 0 atom stereocenters. The molecule has 0 N–H and O–H groups in total. The van der Waals surface area contributed by atoms with Crippen molar-refractivity contribution in [2.45, 2.75) is 0 Å². The van der Waals surface area contributed by atoms with Crippen molar-refractivity contribution in [1.29, 1.82) is 0 Å². The third kappa shape index (κ3) is 1.42. The van der Waals surface area contributed by atoms with Crippen LogP contribution in [0.1, 0.15) is 0 Å². The van der Waals surface area contributed by atoms with Gasteiger partial charge in [-0.1, -0.05) is 0 Å². The van der Waals surface area contributed by atoms with Gasteiger partial charge < -0.3 is 0 Å². The Morgan fingerprint density at radius 2 is 1.81 bits per heavy atom. The highest BCUT2D eigenvalue weighted by Gasteiger charge is 2.04. The normalized spacial score (nSPS) is 10.8. The van der Waals surface area contributed by atoms with E-state index in [9.17, 15) is 0 Å². The fraction of sp³-hybridized carbons (Fsp3) is 0.0909. The minimum atomic E-state index is 0.704. The summed E-state index contributed by atoms with van der Waals surface area (Å²) in [6.45, 7) is 0. The van der Waals surface area contributed by atoms with Gasteiger partial charge in [0.15, 0.2) is 5.82 Å². The predicted octanol–water partition coefficient (Wildman–Crippen LogP) is 1.43. The molecule has 0 amide bonds. The SMILES string of the molecule is Cn1cnc(-c2ccc3nccnc3c2)n1. The summed E-state index contributed by atoms with van der Waals surface area (Å²) in [5, 5.41) is 4.25. The van der Waals surface area contributed by atoms with Crippen LogP contribution in [0.15, 0.2) is 36.9 Å². The third-order valence-electron chi connectivity index (χ3n) is 2.33. The van der Waals surface area contributed by atoms with E-state index in [1.165, 1.54) is 0 Å². The first-order valence-corrected chi connectivity index (χ1v) is 4.90. The molecule has 16 heavy (non-hydrogen) atoms. The average molecular weight is 211 g/mol. The van der Waals surface area contributed by atoms with E-state index in [4.69, 9.17) is 0 Å². The monoisotopic (exact) mass is 211 g/mol. The van der Waals surface area contributed by atoms with Crippen molar-refractivity contribution in [3.05, 3.63) is 36.9 Å². The molecule has 0 aliphatic carbocycles. The zero-order valence-electron chi connectivity index (χ0n) is 8.70. The van der Waals surface area contributed by atoms with Crippen LogP contribution in [0.25, 0.3) is 22.4 Å². The quantitative estimate of drug-likeness (QED) is 0.611. The van der Waals surface area contributed by atoms with Gasteiger partial charge in [-0.15, -0.1) is 0 Å². The van der Waals surface area contributed by atoms with Crippen LogP contribution in [0.5, 0.6) is 0 Å². The summed E-state index contributed by atoms with van der Waals surface area (Å²) in [7, 11) is 1.84. The predicted molar refractivity (Wildman–Crippen MR) is 59.5 cm³/mol. The van der Waals surface area contributed by atoms with Gasteiger partial charge in [-0.2, -0.15) is 5.10 Å². The van der Waals surface area contributed by atoms with E-state index in [-0.39, 0.29) is 0 Å². The van der Waals surface area contributed by atoms with E-state index >= 15 is 0 Å². The van der Waals surface area contributed by atoms with E-state index in [1.807, 2.05) is 25.2 Å². The molecule has 5 nitrogen and oxygen atoms in total. The molecular weight excluding hydrogens is 202 g/mol. The lowest BCUT2D eigenvalue weighted by atomic mass is 10.2. The Morgan fingerprint density at radius 3 is 2.56 bits per heavy atom. The minimum absolute atomic E-state index is 0.704. The van der Waals surface area contributed by atoms with Crippen molar-refractivity contribution in [3.63, 3.8) is 0 Å². The second-order valence-corrected chi connectivity index (χ2v) is 3.50. The van der Waals surface area contributed by atoms with Crippen LogP contribution in [0.2, 0.25) is 0 Å². The number of rotatable bonds is 1. The van der Waals surface area contributed by atoms with Crippen LogP contribution in [0.4, 0.5) is 0 Å². The topological polar surface area (TPSA) is 56.5 Å². The molecule has 0 spiro atoms. The summed E-state index contributed by atoms with van der Waals surface area (Å²) in [6.07, 6.45) is 5.04. The standard InChI is InChI=1S/C11H9N5/c1-16-7-14-11(15-16)8-2-3-9-10(6-8)13-5-4-12-9/h2-7H,1H3. The first-order chi connectivity index (χ1) is 7.83. The zero-order valence-corrected chi connectivity index (χ0v) is 8.70. The number of benzene rings is 1. The van der Waals surface area contributed by atoms with Gasteiger partial charge in [-0.05, 0) is 18.2 Å². The van der Waals surface area contributed by atoms with Gasteiger partial charge in [-0.3, -0.25) is 14.6 Å². The van der Waals surface area contributed by atoms with Crippen molar-refractivity contribution in [1.82, 2.24) is 24.7 Å². The van der Waals surface area contributed by atoms with Crippen LogP contribution >= 0.6 is 0 Å². The molecule has 1 aromatic carbocycles. The molecule has 3 aromatic rings. The fourth-order valence-electron chi connectivity index (χ4n) is 1.57. The van der Waals surface area contributed by atoms with E-state index in [0.29, 0.717) is 5.82 Å². The Kier molecular flexibility index (Phi) is 1.89. The van der Waals surface area contributed by atoms with Crippen LogP contribution < -0.4 is 0 Å². The number of fused-ring (bicyclic) bond motifs is 1. The van der Waals surface area contributed by atoms with Crippen molar-refractivity contribution in [3.8, 4) is 11.4 Å². The van der Waals surface area contributed by atoms with E-state index in [1.54, 1.807) is 23.4 Å². The van der Waals surface area contributed by atoms with Crippen molar-refractivity contribution < 1.29 is 0 Å². The number of aromatic nitrogens is 5. The Labute approximate surface area is 91.8 Å². The largest absolute Gasteiger partial charge is 0.255 e. The first-order valence-electron chi connectivity index (χ1n) is 4.90. The molecule has 0 aliphatic heterocycles. The average Bonchev–Trinajstić information content (AvgIpc) is 2.75. The lowest BCUT2D eigenvalue weighted by Gasteiger charge is -1.98. The summed E-state index contributed by atoms with van der Waals surface area (Å²) < 4.78 is 1.68. The van der Waals surface area contributed by atoms with Crippen molar-refractivity contribution in [2.24, 2.45) is 7.05 Å². The van der Waals surface area contributed by atoms with E-state index < -0.39 is 0 Å². The van der Waals surface area contributed by atoms with Gasteiger partial charge in [-0.25, -0.2) is 4.98 Å². The first kappa shape index (κ1) is 8.96. The highest BCUT2D eigenvalue weighted by Crippen LogP contribution is 2.18. The molecule has 0 saturated carbocycles. The molecule has 0 fully saturated rings. The zero-order chi connectivity index (χ0) is 11.0. The summed E-state index contributed by atoms with van der Waals surface area (Å²) in [5.74, 6) is 0.704. The highest BCUT2D eigenvalue weighted by molar-refractivity contribution is 5.79. The maximum atomic E-state index is 4.25. The second-order valence-electron chi connectivity index (χ2n) is 3.50. The molecule has 78 valence electrons. The maximum Gasteiger partial charge on any atom is 0.181 e. The van der Waals surface area contributed by atoms with Gasteiger partial charge >= 0.3 is 0 Å². The summed E-state index contributed by atoms with van der Waals surface area (Å²) in [5.41, 5.74) is 2.68. The van der Waals surface area contributed by atoms with Gasteiger partial charge in [0.1, 0.15) is 6.33 Å². The minimum Gasteiger partial charge on any atom is -0.255 e. The lowest BCUT2D eigenvalue weighted by molar-refractivity contribution is 0.768. The summed E-state index contributed by atoms with van der Waals surface area (Å²) in [4.78, 5) is 12.7. The summed E-state index contributed by atoms with van der Waals surface area (Å²) in [6, 6.07) is 5.82. The second kappa shape index (κ2) is 3.37. The number of aryl methyl sites for hydroxylation is 1. The molecule has 5 heteroatoms. The molecule has 0 saturated heterocycles. The van der Waals surface area contributed by atoms with Gasteiger partial charge in [0.2, 0.25) is 0 Å².